The number of carbonyl (C=O) groups is 1. The molecule has 1 aliphatic rings. The van der Waals surface area contributed by atoms with E-state index in [-0.39, 0.29) is 29.2 Å². The van der Waals surface area contributed by atoms with Crippen LogP contribution in [0.2, 0.25) is 0 Å². The number of hydrogen-bond donors (Lipinski definition) is 3. The van der Waals surface area contributed by atoms with Crippen molar-refractivity contribution in [1.82, 2.24) is 9.97 Å². The zero-order valence-corrected chi connectivity index (χ0v) is 18.6. The maximum atomic E-state index is 14.5. The highest BCUT2D eigenvalue weighted by atomic mass is 32.2. The number of amides is 1. The van der Waals surface area contributed by atoms with Crippen LogP contribution in [0.4, 0.5) is 18.9 Å². The molecule has 1 aromatic heterocycles. The Bertz CT molecular complexity index is 1090. The van der Waals surface area contributed by atoms with Crippen LogP contribution in [-0.4, -0.2) is 38.3 Å². The Hall–Kier alpha value is -3.26. The second-order valence-corrected chi connectivity index (χ2v) is 9.08. The lowest BCUT2D eigenvalue weighted by Gasteiger charge is -2.20. The topological polar surface area (TPSA) is 114 Å². The molecule has 1 unspecified atom stereocenters. The van der Waals surface area contributed by atoms with Gasteiger partial charge in [-0.25, -0.2) is 23.1 Å². The van der Waals surface area contributed by atoms with Crippen molar-refractivity contribution in [3.63, 3.8) is 0 Å². The summed E-state index contributed by atoms with van der Waals surface area (Å²) < 4.78 is 45.7. The SMILES string of the molecule is C#C[C@H](C)Oc1cnc(C(=O)Nc2ccc(F)c([C@@H](C)C3C[C@@]3(SC(=N)N)C(F)F)c2)cn1. The fraction of sp³-hybridized carbons (Fsp3) is 0.364. The highest BCUT2D eigenvalue weighted by Gasteiger charge is 2.64. The Morgan fingerprint density at radius 2 is 2.12 bits per heavy atom. The van der Waals surface area contributed by atoms with Gasteiger partial charge in [0.25, 0.3) is 12.3 Å². The minimum atomic E-state index is -2.71. The number of nitrogens with two attached hydrogens (primary N) is 1. The summed E-state index contributed by atoms with van der Waals surface area (Å²) >= 11 is 0.614. The Labute approximate surface area is 193 Å². The number of anilines is 1. The first-order valence-electron chi connectivity index (χ1n) is 9.94. The fourth-order valence-corrected chi connectivity index (χ4v) is 4.71. The van der Waals surface area contributed by atoms with Crippen LogP contribution in [-0.2, 0) is 0 Å². The molecule has 1 fully saturated rings. The Morgan fingerprint density at radius 3 is 2.70 bits per heavy atom. The van der Waals surface area contributed by atoms with Gasteiger partial charge in [-0.2, -0.15) is 0 Å². The number of hydrogen-bond acceptors (Lipinski definition) is 6. The molecule has 4 N–H and O–H groups in total. The lowest BCUT2D eigenvalue weighted by atomic mass is 9.94. The lowest BCUT2D eigenvalue weighted by molar-refractivity contribution is 0.102. The van der Waals surface area contributed by atoms with E-state index < -0.39 is 46.0 Å². The molecule has 1 saturated carbocycles. The van der Waals surface area contributed by atoms with E-state index in [2.05, 4.69) is 21.2 Å². The number of nitrogens with zero attached hydrogens (tertiary/aromatic N) is 2. The van der Waals surface area contributed by atoms with E-state index in [4.69, 9.17) is 22.3 Å². The first-order chi connectivity index (χ1) is 15.6. The molecule has 1 amide bonds. The predicted molar refractivity (Wildman–Crippen MR) is 120 cm³/mol. The number of aromatic nitrogens is 2. The number of thioether (sulfide) groups is 1. The Kier molecular flexibility index (Phi) is 7.17. The average molecular weight is 478 g/mol. The summed E-state index contributed by atoms with van der Waals surface area (Å²) in [5, 5.41) is 9.56. The normalized spacial score (nSPS) is 21.1. The van der Waals surface area contributed by atoms with E-state index in [9.17, 15) is 18.0 Å². The lowest BCUT2D eigenvalue weighted by Crippen LogP contribution is -2.25. The number of carbonyl (C=O) groups excluding carboxylic acids is 1. The van der Waals surface area contributed by atoms with Gasteiger partial charge in [0.15, 0.2) is 11.3 Å². The molecule has 1 heterocycles. The Balaban J connectivity index is 1.73. The van der Waals surface area contributed by atoms with Crippen molar-refractivity contribution in [2.75, 3.05) is 5.32 Å². The third-order valence-corrected chi connectivity index (χ3v) is 6.66. The quantitative estimate of drug-likeness (QED) is 0.301. The summed E-state index contributed by atoms with van der Waals surface area (Å²) in [6.07, 6.45) is 4.58. The number of alkyl halides is 2. The van der Waals surface area contributed by atoms with Crippen LogP contribution in [0, 0.1) is 29.5 Å². The van der Waals surface area contributed by atoms with Gasteiger partial charge < -0.3 is 15.8 Å². The zero-order valence-electron chi connectivity index (χ0n) is 17.8. The predicted octanol–water partition coefficient (Wildman–Crippen LogP) is 4.02. The minimum absolute atomic E-state index is 0.00796. The molecular weight excluding hydrogens is 455 g/mol. The molecule has 4 atom stereocenters. The van der Waals surface area contributed by atoms with Gasteiger partial charge in [-0.1, -0.05) is 24.6 Å². The van der Waals surface area contributed by atoms with Crippen molar-refractivity contribution >= 4 is 28.5 Å². The molecule has 0 radical (unpaired) electrons. The van der Waals surface area contributed by atoms with E-state index in [1.807, 2.05) is 0 Å². The summed E-state index contributed by atoms with van der Waals surface area (Å²) in [6.45, 7) is 3.29. The van der Waals surface area contributed by atoms with Gasteiger partial charge in [0, 0.05) is 5.69 Å². The zero-order chi connectivity index (χ0) is 24.3. The van der Waals surface area contributed by atoms with Gasteiger partial charge in [-0.3, -0.25) is 10.2 Å². The Morgan fingerprint density at radius 1 is 1.39 bits per heavy atom. The van der Waals surface area contributed by atoms with Gasteiger partial charge in [0.1, 0.15) is 11.5 Å². The van der Waals surface area contributed by atoms with Crippen molar-refractivity contribution in [2.24, 2.45) is 11.7 Å². The second kappa shape index (κ2) is 9.70. The molecule has 7 nitrogen and oxygen atoms in total. The van der Waals surface area contributed by atoms with Crippen molar-refractivity contribution < 1.29 is 22.7 Å². The molecule has 1 aliphatic carbocycles. The molecule has 0 saturated heterocycles. The number of benzene rings is 1. The average Bonchev–Trinajstić information content (AvgIpc) is 3.49. The molecule has 1 aromatic carbocycles. The van der Waals surface area contributed by atoms with Gasteiger partial charge in [0.05, 0.1) is 17.1 Å². The maximum Gasteiger partial charge on any atom is 0.275 e. The van der Waals surface area contributed by atoms with Crippen molar-refractivity contribution in [1.29, 1.82) is 5.41 Å². The monoisotopic (exact) mass is 477 g/mol. The third kappa shape index (κ3) is 5.39. The summed E-state index contributed by atoms with van der Waals surface area (Å²) in [6, 6.07) is 3.93. The largest absolute Gasteiger partial charge is 0.460 e. The van der Waals surface area contributed by atoms with Gasteiger partial charge in [-0.05, 0) is 48.9 Å². The molecular formula is C22H22F3N5O2S. The van der Waals surface area contributed by atoms with Crippen LogP contribution in [0.15, 0.2) is 30.6 Å². The van der Waals surface area contributed by atoms with Crippen molar-refractivity contribution in [2.45, 2.75) is 43.5 Å². The van der Waals surface area contributed by atoms with Gasteiger partial charge in [-0.15, -0.1) is 6.42 Å². The van der Waals surface area contributed by atoms with Gasteiger partial charge in [0.2, 0.25) is 5.88 Å². The summed E-state index contributed by atoms with van der Waals surface area (Å²) in [7, 11) is 0. The minimum Gasteiger partial charge on any atom is -0.460 e. The smallest absolute Gasteiger partial charge is 0.275 e. The van der Waals surface area contributed by atoms with Crippen molar-refractivity contribution in [3.05, 3.63) is 47.7 Å². The van der Waals surface area contributed by atoms with E-state index in [1.165, 1.54) is 24.5 Å². The molecule has 0 aliphatic heterocycles. The van der Waals surface area contributed by atoms with Crippen molar-refractivity contribution in [3.8, 4) is 18.2 Å². The fourth-order valence-electron chi connectivity index (χ4n) is 3.59. The van der Waals surface area contributed by atoms with Crippen LogP contribution in [0.25, 0.3) is 0 Å². The number of terminal acetylenes is 1. The number of halogens is 3. The van der Waals surface area contributed by atoms with Crippen LogP contribution >= 0.6 is 11.8 Å². The number of amidine groups is 1. The number of rotatable bonds is 8. The van der Waals surface area contributed by atoms with E-state index in [1.54, 1.807) is 13.8 Å². The summed E-state index contributed by atoms with van der Waals surface area (Å²) in [5.41, 5.74) is 5.77. The number of ether oxygens (including phenoxy) is 1. The van der Waals surface area contributed by atoms with Crippen LogP contribution in [0.3, 0.4) is 0 Å². The first kappa shape index (κ1) is 24.4. The molecule has 0 spiro atoms. The molecule has 3 rings (SSSR count). The third-order valence-electron chi connectivity index (χ3n) is 5.42. The maximum absolute atomic E-state index is 14.5. The van der Waals surface area contributed by atoms with E-state index in [0.717, 1.165) is 6.07 Å². The highest BCUT2D eigenvalue weighted by molar-refractivity contribution is 8.15. The molecule has 174 valence electrons. The van der Waals surface area contributed by atoms with Gasteiger partial charge >= 0.3 is 0 Å². The molecule has 2 aromatic rings. The summed E-state index contributed by atoms with van der Waals surface area (Å²) in [4.78, 5) is 20.5. The van der Waals surface area contributed by atoms with E-state index in [0.29, 0.717) is 11.8 Å². The number of nitrogens with one attached hydrogen (secondary N) is 2. The summed E-state index contributed by atoms with van der Waals surface area (Å²) in [5.74, 6) is 0.204. The van der Waals surface area contributed by atoms with Crippen LogP contribution < -0.4 is 15.8 Å². The standard InChI is InChI=1S/C22H22F3N5O2S/c1-4-11(2)32-18-10-28-17(9-29-18)19(31)30-13-5-6-16(23)14(7-13)12(3)15-8-22(15,20(24)25)33-21(26)27/h1,5-7,9-12,15,20H,8H2,2-3H3,(H3,26,27)(H,30,31)/t11-,12+,15?,22-/m0/s1. The van der Waals surface area contributed by atoms with E-state index >= 15 is 0 Å². The molecule has 33 heavy (non-hydrogen) atoms. The first-order valence-corrected chi connectivity index (χ1v) is 10.8. The molecule has 0 bridgehead atoms. The molecule has 11 heteroatoms. The van der Waals surface area contributed by atoms with Crippen LogP contribution in [0.5, 0.6) is 5.88 Å². The second-order valence-electron chi connectivity index (χ2n) is 7.68. The highest BCUT2D eigenvalue weighted by Crippen LogP contribution is 2.63. The van der Waals surface area contributed by atoms with Crippen LogP contribution in [0.1, 0.15) is 42.2 Å².